The average Bonchev–Trinajstić information content (AvgIpc) is 3.17. The van der Waals surface area contributed by atoms with Gasteiger partial charge in [-0.3, -0.25) is 15.2 Å². The number of anilines is 2. The zero-order valence-corrected chi connectivity index (χ0v) is 22.6. The molecule has 1 atom stereocenters. The van der Waals surface area contributed by atoms with Crippen LogP contribution in [-0.4, -0.2) is 72.5 Å². The van der Waals surface area contributed by atoms with Crippen LogP contribution < -0.4 is 10.6 Å². The number of nitrogens with one attached hydrogen (secondary N) is 2. The Morgan fingerprint density at radius 1 is 1.17 bits per heavy atom. The SMILES string of the molecule is C=N/C=C(/C)C(NCOC1CCCCCC1)c1cnc(Nc2ccc(CN3CCN(C)CC3)cn2)s1. The first-order chi connectivity index (χ1) is 17.6. The largest absolute Gasteiger partial charge is 0.363 e. The van der Waals surface area contributed by atoms with Gasteiger partial charge in [0.25, 0.3) is 0 Å². The van der Waals surface area contributed by atoms with Crippen LogP contribution in [0.15, 0.2) is 41.3 Å². The number of ether oxygens (including phenoxy) is 1. The third kappa shape index (κ3) is 8.18. The number of aromatic nitrogens is 2. The number of rotatable bonds is 11. The Bertz CT molecular complexity index is 961. The van der Waals surface area contributed by atoms with E-state index in [-0.39, 0.29) is 6.04 Å². The first-order valence-corrected chi connectivity index (χ1v) is 14.0. The van der Waals surface area contributed by atoms with E-state index in [1.807, 2.05) is 18.5 Å². The molecule has 1 saturated carbocycles. The van der Waals surface area contributed by atoms with Gasteiger partial charge in [-0.2, -0.15) is 0 Å². The molecule has 0 bridgehead atoms. The lowest BCUT2D eigenvalue weighted by atomic mass is 10.1. The Balaban J connectivity index is 1.32. The van der Waals surface area contributed by atoms with E-state index in [9.17, 15) is 0 Å². The minimum absolute atomic E-state index is 0.0201. The van der Waals surface area contributed by atoms with Crippen LogP contribution >= 0.6 is 11.3 Å². The first kappa shape index (κ1) is 26.9. The van der Waals surface area contributed by atoms with Crippen LogP contribution in [-0.2, 0) is 11.3 Å². The molecular weight excluding hydrogens is 470 g/mol. The highest BCUT2D eigenvalue weighted by Crippen LogP contribution is 2.31. The molecule has 2 N–H and O–H groups in total. The average molecular weight is 512 g/mol. The molecule has 8 nitrogen and oxygen atoms in total. The Morgan fingerprint density at radius 2 is 1.94 bits per heavy atom. The van der Waals surface area contributed by atoms with E-state index in [2.05, 4.69) is 62.1 Å². The summed E-state index contributed by atoms with van der Waals surface area (Å²) in [7, 11) is 2.18. The summed E-state index contributed by atoms with van der Waals surface area (Å²) in [5.41, 5.74) is 2.32. The van der Waals surface area contributed by atoms with Gasteiger partial charge in [-0.05, 0) is 50.7 Å². The van der Waals surface area contributed by atoms with Crippen LogP contribution in [0.25, 0.3) is 0 Å². The monoisotopic (exact) mass is 511 g/mol. The minimum Gasteiger partial charge on any atom is -0.363 e. The summed E-state index contributed by atoms with van der Waals surface area (Å²) in [6.07, 6.45) is 13.5. The van der Waals surface area contributed by atoms with E-state index in [0.29, 0.717) is 12.8 Å². The number of hydrogen-bond acceptors (Lipinski definition) is 9. The van der Waals surface area contributed by atoms with Crippen LogP contribution in [0.2, 0.25) is 0 Å². The molecule has 0 spiro atoms. The van der Waals surface area contributed by atoms with E-state index < -0.39 is 0 Å². The van der Waals surface area contributed by atoms with Crippen LogP contribution in [0.3, 0.4) is 0 Å². The maximum Gasteiger partial charge on any atom is 0.188 e. The molecule has 196 valence electrons. The zero-order valence-electron chi connectivity index (χ0n) is 21.8. The molecule has 36 heavy (non-hydrogen) atoms. The Kier molecular flexibility index (Phi) is 10.4. The van der Waals surface area contributed by atoms with Crippen molar-refractivity contribution in [3.63, 3.8) is 0 Å². The fourth-order valence-corrected chi connectivity index (χ4v) is 5.78. The van der Waals surface area contributed by atoms with E-state index in [1.54, 1.807) is 17.5 Å². The highest BCUT2D eigenvalue weighted by Gasteiger charge is 2.19. The standard InChI is InChI=1S/C27H41N7OS/c1-21(16-28-2)26(31-20-35-23-8-6-4-5-7-9-23)24-18-30-27(36-24)32-25-11-10-22(17-29-25)19-34-14-12-33(3)13-15-34/h10-11,16-18,23,26,31H,2,4-9,12-15,19-20H2,1,3H3,(H,29,30,32)/b21-16-. The Labute approximate surface area is 219 Å². The molecule has 3 heterocycles. The van der Waals surface area contributed by atoms with Gasteiger partial charge in [-0.1, -0.05) is 43.1 Å². The third-order valence-electron chi connectivity index (χ3n) is 7.03. The molecule has 2 fully saturated rings. The predicted octanol–water partition coefficient (Wildman–Crippen LogP) is 4.96. The van der Waals surface area contributed by atoms with Gasteiger partial charge in [0.05, 0.1) is 18.9 Å². The molecule has 2 aromatic rings. The summed E-state index contributed by atoms with van der Waals surface area (Å²) >= 11 is 1.62. The molecule has 0 amide bonds. The Morgan fingerprint density at radius 3 is 2.64 bits per heavy atom. The van der Waals surface area contributed by atoms with Crippen LogP contribution in [0.5, 0.6) is 0 Å². The van der Waals surface area contributed by atoms with Gasteiger partial charge in [0.1, 0.15) is 5.82 Å². The van der Waals surface area contributed by atoms with Crippen LogP contribution in [0.1, 0.15) is 61.9 Å². The van der Waals surface area contributed by atoms with E-state index in [0.717, 1.165) is 67.0 Å². The quantitative estimate of drug-likeness (QED) is 0.251. The smallest absolute Gasteiger partial charge is 0.188 e. The minimum atomic E-state index is -0.0201. The molecule has 0 aromatic carbocycles. The van der Waals surface area contributed by atoms with Gasteiger partial charge >= 0.3 is 0 Å². The molecule has 0 radical (unpaired) electrons. The van der Waals surface area contributed by atoms with Crippen molar-refractivity contribution in [3.05, 3.63) is 46.7 Å². The number of thiazole rings is 1. The molecule has 1 saturated heterocycles. The van der Waals surface area contributed by atoms with Crippen molar-refractivity contribution in [2.24, 2.45) is 4.99 Å². The summed E-state index contributed by atoms with van der Waals surface area (Å²) < 4.78 is 6.18. The summed E-state index contributed by atoms with van der Waals surface area (Å²) in [4.78, 5) is 19.2. The third-order valence-corrected chi connectivity index (χ3v) is 8.01. The van der Waals surface area contributed by atoms with Gasteiger partial charge < -0.3 is 15.0 Å². The van der Waals surface area contributed by atoms with Crippen molar-refractivity contribution in [2.75, 3.05) is 45.3 Å². The van der Waals surface area contributed by atoms with Crippen molar-refractivity contribution >= 4 is 29.0 Å². The first-order valence-electron chi connectivity index (χ1n) is 13.2. The number of piperazine rings is 1. The van der Waals surface area contributed by atoms with Crippen molar-refractivity contribution in [1.29, 1.82) is 0 Å². The summed E-state index contributed by atoms with van der Waals surface area (Å²) in [5, 5.41) is 7.74. The number of pyridine rings is 1. The highest BCUT2D eigenvalue weighted by molar-refractivity contribution is 7.15. The number of likely N-dealkylation sites (N-methyl/N-ethyl adjacent to an activating group) is 1. The molecule has 1 aliphatic carbocycles. The van der Waals surface area contributed by atoms with Gasteiger partial charge in [-0.15, -0.1) is 0 Å². The van der Waals surface area contributed by atoms with E-state index in [1.165, 1.54) is 31.2 Å². The molecule has 1 unspecified atom stereocenters. The number of aliphatic imine (C=N–C) groups is 1. The fraction of sp³-hybridized carbons (Fsp3) is 0.593. The topological polar surface area (TPSA) is 77.9 Å². The molecular formula is C27H41N7OS. The second-order valence-electron chi connectivity index (χ2n) is 9.94. The summed E-state index contributed by atoms with van der Waals surface area (Å²) in [5.74, 6) is 0.805. The fourth-order valence-electron chi connectivity index (χ4n) is 4.81. The Hall–Kier alpha value is -2.17. The second-order valence-corrected chi connectivity index (χ2v) is 11.0. The maximum atomic E-state index is 6.18. The number of hydrogen-bond donors (Lipinski definition) is 2. The van der Waals surface area contributed by atoms with E-state index in [4.69, 9.17) is 4.74 Å². The van der Waals surface area contributed by atoms with E-state index >= 15 is 0 Å². The van der Waals surface area contributed by atoms with Gasteiger partial charge in [0, 0.05) is 56.2 Å². The number of nitrogens with zero attached hydrogens (tertiary/aromatic N) is 5. The van der Waals surface area contributed by atoms with Crippen molar-refractivity contribution in [2.45, 2.75) is 64.1 Å². The van der Waals surface area contributed by atoms with Crippen molar-refractivity contribution < 1.29 is 4.74 Å². The lowest BCUT2D eigenvalue weighted by Gasteiger charge is -2.32. The summed E-state index contributed by atoms with van der Waals surface area (Å²) in [6, 6.07) is 4.17. The normalized spacial score (nSPS) is 19.7. The zero-order chi connectivity index (χ0) is 25.2. The summed E-state index contributed by atoms with van der Waals surface area (Å²) in [6.45, 7) is 11.6. The maximum absolute atomic E-state index is 6.18. The lowest BCUT2D eigenvalue weighted by Crippen LogP contribution is -2.43. The van der Waals surface area contributed by atoms with Gasteiger partial charge in [-0.25, -0.2) is 9.97 Å². The molecule has 2 aromatic heterocycles. The molecule has 9 heteroatoms. The predicted molar refractivity (Wildman–Crippen MR) is 149 cm³/mol. The highest BCUT2D eigenvalue weighted by atomic mass is 32.1. The second kappa shape index (κ2) is 13.9. The van der Waals surface area contributed by atoms with Crippen LogP contribution in [0, 0.1) is 0 Å². The molecule has 4 rings (SSSR count). The molecule has 1 aliphatic heterocycles. The molecule has 2 aliphatic rings. The van der Waals surface area contributed by atoms with Gasteiger partial charge in [0.15, 0.2) is 5.13 Å². The van der Waals surface area contributed by atoms with Crippen molar-refractivity contribution in [3.8, 4) is 0 Å². The lowest BCUT2D eigenvalue weighted by molar-refractivity contribution is 0.0279. The van der Waals surface area contributed by atoms with Crippen molar-refractivity contribution in [1.82, 2.24) is 25.1 Å². The van der Waals surface area contributed by atoms with Crippen LogP contribution in [0.4, 0.5) is 10.9 Å². The van der Waals surface area contributed by atoms with Gasteiger partial charge in [0.2, 0.25) is 0 Å².